The first kappa shape index (κ1) is 13.7. The van der Waals surface area contributed by atoms with E-state index in [1.165, 1.54) is 0 Å². The van der Waals surface area contributed by atoms with E-state index in [4.69, 9.17) is 0 Å². The number of sulfonamides is 1. The van der Waals surface area contributed by atoms with Crippen molar-refractivity contribution in [2.75, 3.05) is 6.54 Å². The maximum atomic E-state index is 12.2. The number of benzene rings is 1. The van der Waals surface area contributed by atoms with E-state index in [2.05, 4.69) is 9.71 Å². The molecule has 0 unspecified atom stereocenters. The van der Waals surface area contributed by atoms with Crippen molar-refractivity contribution in [1.29, 1.82) is 0 Å². The molecule has 0 aliphatic carbocycles. The fourth-order valence-electron chi connectivity index (χ4n) is 1.83. The second-order valence-corrected chi connectivity index (χ2v) is 5.82. The largest absolute Gasteiger partial charge is 0.256 e. The third-order valence-corrected chi connectivity index (χ3v) is 4.25. The predicted molar refractivity (Wildman–Crippen MR) is 76.4 cm³/mol. The van der Waals surface area contributed by atoms with Crippen molar-refractivity contribution in [3.63, 3.8) is 0 Å². The molecule has 0 saturated carbocycles. The molecule has 19 heavy (non-hydrogen) atoms. The molecule has 0 aliphatic rings. The first-order chi connectivity index (χ1) is 9.15. The van der Waals surface area contributed by atoms with Gasteiger partial charge in [0.2, 0.25) is 10.0 Å². The van der Waals surface area contributed by atoms with Crippen molar-refractivity contribution in [3.05, 3.63) is 48.7 Å². The first-order valence-electron chi connectivity index (χ1n) is 6.10. The Labute approximate surface area is 113 Å². The van der Waals surface area contributed by atoms with Gasteiger partial charge < -0.3 is 0 Å². The molecule has 100 valence electrons. The van der Waals surface area contributed by atoms with Crippen LogP contribution in [0.3, 0.4) is 0 Å². The molecule has 0 spiro atoms. The van der Waals surface area contributed by atoms with E-state index < -0.39 is 10.0 Å². The van der Waals surface area contributed by atoms with Gasteiger partial charge in [0, 0.05) is 18.1 Å². The Bertz CT molecular complexity index is 688. The zero-order valence-electron chi connectivity index (χ0n) is 10.7. The lowest BCUT2D eigenvalue weighted by Crippen LogP contribution is -2.24. The average molecular weight is 276 g/mol. The molecular formula is C14H16N2O2S. The van der Waals surface area contributed by atoms with Crippen LogP contribution < -0.4 is 4.72 Å². The molecule has 4 nitrogen and oxygen atoms in total. The molecule has 5 heteroatoms. The summed E-state index contributed by atoms with van der Waals surface area (Å²) < 4.78 is 27.1. The number of nitrogens with zero attached hydrogens (tertiary/aromatic N) is 1. The van der Waals surface area contributed by atoms with Crippen molar-refractivity contribution < 1.29 is 8.42 Å². The second kappa shape index (κ2) is 5.95. The van der Waals surface area contributed by atoms with E-state index >= 15 is 0 Å². The topological polar surface area (TPSA) is 59.1 Å². The van der Waals surface area contributed by atoms with Crippen molar-refractivity contribution in [2.24, 2.45) is 0 Å². The minimum absolute atomic E-state index is 0.276. The molecule has 0 atom stereocenters. The number of hydrogen-bond donors (Lipinski definition) is 1. The fourth-order valence-corrected chi connectivity index (χ4v) is 3.09. The second-order valence-electron chi connectivity index (χ2n) is 4.08. The summed E-state index contributed by atoms with van der Waals surface area (Å²) in [4.78, 5) is 4.44. The summed E-state index contributed by atoms with van der Waals surface area (Å²) >= 11 is 0. The molecule has 0 bridgehead atoms. The lowest BCUT2D eigenvalue weighted by molar-refractivity contribution is 0.583. The van der Waals surface area contributed by atoms with Crippen LogP contribution in [-0.2, 0) is 10.0 Å². The summed E-state index contributed by atoms with van der Waals surface area (Å²) in [6.07, 6.45) is 6.15. The number of fused-ring (bicyclic) bond motifs is 1. The van der Waals surface area contributed by atoms with E-state index in [1.807, 2.05) is 19.1 Å². The van der Waals surface area contributed by atoms with Gasteiger partial charge in [0.25, 0.3) is 0 Å². The minimum atomic E-state index is -3.49. The standard InChI is InChI=1S/C14H16N2O2S/c1-2-3-4-11-16-19(17,18)14-9-5-8-13-12(14)7-6-10-15-13/h2-3,5-10,16H,4,11H2,1H3/b3-2+. The third kappa shape index (κ3) is 3.19. The van der Waals surface area contributed by atoms with Gasteiger partial charge in [0.1, 0.15) is 0 Å². The van der Waals surface area contributed by atoms with Crippen molar-refractivity contribution in [3.8, 4) is 0 Å². The summed E-state index contributed by atoms with van der Waals surface area (Å²) in [5, 5.41) is 0.642. The molecule has 1 aromatic carbocycles. The summed E-state index contributed by atoms with van der Waals surface area (Å²) in [6, 6.07) is 8.61. The van der Waals surface area contributed by atoms with Crippen LogP contribution in [0.5, 0.6) is 0 Å². The molecule has 1 heterocycles. The lowest BCUT2D eigenvalue weighted by atomic mass is 10.2. The Morgan fingerprint density at radius 2 is 2.11 bits per heavy atom. The SMILES string of the molecule is C/C=C/CCNS(=O)(=O)c1cccc2ncccc12. The van der Waals surface area contributed by atoms with Gasteiger partial charge in [0.05, 0.1) is 10.4 Å². The number of allylic oxidation sites excluding steroid dienone is 1. The Kier molecular flexibility index (Phi) is 4.29. The molecule has 2 aromatic rings. The molecule has 0 fully saturated rings. The highest BCUT2D eigenvalue weighted by atomic mass is 32.2. The smallest absolute Gasteiger partial charge is 0.241 e. The van der Waals surface area contributed by atoms with Crippen LogP contribution in [0.2, 0.25) is 0 Å². The summed E-state index contributed by atoms with van der Waals surface area (Å²) in [7, 11) is -3.49. The number of hydrogen-bond acceptors (Lipinski definition) is 3. The molecule has 2 rings (SSSR count). The van der Waals surface area contributed by atoms with Crippen LogP contribution in [-0.4, -0.2) is 19.9 Å². The van der Waals surface area contributed by atoms with E-state index in [-0.39, 0.29) is 4.90 Å². The lowest BCUT2D eigenvalue weighted by Gasteiger charge is -2.08. The third-order valence-electron chi connectivity index (χ3n) is 2.73. The highest BCUT2D eigenvalue weighted by molar-refractivity contribution is 7.89. The average Bonchev–Trinajstić information content (AvgIpc) is 2.43. The number of rotatable bonds is 5. The maximum Gasteiger partial charge on any atom is 0.241 e. The zero-order chi connectivity index (χ0) is 13.7. The van der Waals surface area contributed by atoms with E-state index in [1.54, 1.807) is 36.5 Å². The van der Waals surface area contributed by atoms with Crippen molar-refractivity contribution >= 4 is 20.9 Å². The van der Waals surface area contributed by atoms with Gasteiger partial charge >= 0.3 is 0 Å². The van der Waals surface area contributed by atoms with Crippen LogP contribution in [0.1, 0.15) is 13.3 Å². The van der Waals surface area contributed by atoms with Gasteiger partial charge in [-0.3, -0.25) is 4.98 Å². The Balaban J connectivity index is 2.32. The van der Waals surface area contributed by atoms with Crippen LogP contribution in [0.25, 0.3) is 10.9 Å². The van der Waals surface area contributed by atoms with E-state index in [0.717, 1.165) is 0 Å². The minimum Gasteiger partial charge on any atom is -0.256 e. The van der Waals surface area contributed by atoms with Gasteiger partial charge in [-0.2, -0.15) is 0 Å². The predicted octanol–water partition coefficient (Wildman–Crippen LogP) is 2.48. The summed E-state index contributed by atoms with van der Waals surface area (Å²) in [5.74, 6) is 0. The Morgan fingerprint density at radius 1 is 1.26 bits per heavy atom. The van der Waals surface area contributed by atoms with Gasteiger partial charge in [-0.05, 0) is 37.6 Å². The number of nitrogens with one attached hydrogen (secondary N) is 1. The summed E-state index contributed by atoms with van der Waals surface area (Å²) in [6.45, 7) is 2.30. The fraction of sp³-hybridized carbons (Fsp3) is 0.214. The molecular weight excluding hydrogens is 260 g/mol. The van der Waals surface area contributed by atoms with E-state index in [9.17, 15) is 8.42 Å². The van der Waals surface area contributed by atoms with Crippen LogP contribution >= 0.6 is 0 Å². The quantitative estimate of drug-likeness (QED) is 0.674. The molecule has 0 saturated heterocycles. The molecule has 0 amide bonds. The number of aromatic nitrogens is 1. The molecule has 0 radical (unpaired) electrons. The molecule has 1 aromatic heterocycles. The van der Waals surface area contributed by atoms with Crippen LogP contribution in [0, 0.1) is 0 Å². The first-order valence-corrected chi connectivity index (χ1v) is 7.58. The zero-order valence-corrected chi connectivity index (χ0v) is 11.5. The van der Waals surface area contributed by atoms with Gasteiger partial charge in [-0.1, -0.05) is 18.2 Å². The number of pyridine rings is 1. The Hall–Kier alpha value is -1.72. The molecule has 0 aliphatic heterocycles. The van der Waals surface area contributed by atoms with Crippen LogP contribution in [0.4, 0.5) is 0 Å². The maximum absolute atomic E-state index is 12.2. The van der Waals surface area contributed by atoms with Gasteiger partial charge in [0.15, 0.2) is 0 Å². The van der Waals surface area contributed by atoms with Crippen molar-refractivity contribution in [2.45, 2.75) is 18.2 Å². The normalized spacial score (nSPS) is 12.3. The highest BCUT2D eigenvalue weighted by Crippen LogP contribution is 2.20. The Morgan fingerprint density at radius 3 is 2.89 bits per heavy atom. The molecule has 1 N–H and O–H groups in total. The van der Waals surface area contributed by atoms with Gasteiger partial charge in [-0.15, -0.1) is 0 Å². The van der Waals surface area contributed by atoms with Gasteiger partial charge in [-0.25, -0.2) is 13.1 Å². The summed E-state index contributed by atoms with van der Waals surface area (Å²) in [5.41, 5.74) is 0.679. The van der Waals surface area contributed by atoms with Crippen LogP contribution in [0.15, 0.2) is 53.6 Å². The van der Waals surface area contributed by atoms with Crippen molar-refractivity contribution in [1.82, 2.24) is 9.71 Å². The van der Waals surface area contributed by atoms with E-state index in [0.29, 0.717) is 23.9 Å². The highest BCUT2D eigenvalue weighted by Gasteiger charge is 2.16. The monoisotopic (exact) mass is 276 g/mol.